The summed E-state index contributed by atoms with van der Waals surface area (Å²) in [5.41, 5.74) is 1.56. The van der Waals surface area contributed by atoms with Crippen LogP contribution in [-0.2, 0) is 23.1 Å². The van der Waals surface area contributed by atoms with Gasteiger partial charge < -0.3 is 4.74 Å². The van der Waals surface area contributed by atoms with Crippen LogP contribution < -0.4 is 5.69 Å². The summed E-state index contributed by atoms with van der Waals surface area (Å²) in [6.07, 6.45) is 0. The molecular weight excluding hydrogens is 308 g/mol. The van der Waals surface area contributed by atoms with Gasteiger partial charge in [0.25, 0.3) is 0 Å². The molecule has 0 saturated heterocycles. The van der Waals surface area contributed by atoms with Crippen LogP contribution >= 0.6 is 0 Å². The Bertz CT molecular complexity index is 954. The van der Waals surface area contributed by atoms with Gasteiger partial charge in [0.2, 0.25) is 0 Å². The highest BCUT2D eigenvalue weighted by Crippen LogP contribution is 2.11. The summed E-state index contributed by atoms with van der Waals surface area (Å²) in [4.78, 5) is 36.2. The highest BCUT2D eigenvalue weighted by atomic mass is 16.5. The zero-order chi connectivity index (χ0) is 17.1. The van der Waals surface area contributed by atoms with E-state index in [-0.39, 0.29) is 24.6 Å². The minimum Gasteiger partial charge on any atom is -0.456 e. The smallest absolute Gasteiger partial charge is 0.329 e. The van der Waals surface area contributed by atoms with Crippen LogP contribution in [0.1, 0.15) is 10.4 Å². The molecule has 6 nitrogen and oxygen atoms in total. The molecule has 2 aromatic carbocycles. The Labute approximate surface area is 137 Å². The maximum absolute atomic E-state index is 12.2. The number of hydrogen-bond acceptors (Lipinski definition) is 4. The molecule has 0 fully saturated rings. The molecule has 24 heavy (non-hydrogen) atoms. The number of rotatable bonds is 5. The molecule has 1 aromatic heterocycles. The van der Waals surface area contributed by atoms with Crippen molar-refractivity contribution >= 4 is 22.8 Å². The zero-order valence-electron chi connectivity index (χ0n) is 13.1. The van der Waals surface area contributed by atoms with Crippen LogP contribution in [0.15, 0.2) is 59.4 Å². The van der Waals surface area contributed by atoms with Crippen LogP contribution in [0.25, 0.3) is 11.0 Å². The van der Waals surface area contributed by atoms with Crippen LogP contribution in [0.3, 0.4) is 0 Å². The Morgan fingerprint density at radius 2 is 1.58 bits per heavy atom. The molecule has 0 radical (unpaired) electrons. The van der Waals surface area contributed by atoms with Gasteiger partial charge in [0, 0.05) is 12.6 Å². The van der Waals surface area contributed by atoms with Gasteiger partial charge in [0.15, 0.2) is 12.4 Å². The minimum atomic E-state index is -0.627. The van der Waals surface area contributed by atoms with E-state index in [2.05, 4.69) is 0 Å². The normalized spacial score (nSPS) is 10.7. The number of hydrogen-bond donors (Lipinski definition) is 0. The maximum atomic E-state index is 12.2. The molecule has 3 aromatic rings. The maximum Gasteiger partial charge on any atom is 0.329 e. The van der Waals surface area contributed by atoms with Crippen molar-refractivity contribution in [1.29, 1.82) is 0 Å². The van der Waals surface area contributed by atoms with E-state index in [1.54, 1.807) is 55.6 Å². The van der Waals surface area contributed by atoms with Gasteiger partial charge in [-0.3, -0.25) is 18.7 Å². The van der Waals surface area contributed by atoms with Gasteiger partial charge >= 0.3 is 11.7 Å². The van der Waals surface area contributed by atoms with Crippen molar-refractivity contribution in [1.82, 2.24) is 9.13 Å². The van der Waals surface area contributed by atoms with E-state index in [1.165, 1.54) is 9.13 Å². The third-order valence-corrected chi connectivity index (χ3v) is 3.80. The van der Waals surface area contributed by atoms with E-state index in [0.717, 1.165) is 5.52 Å². The number of fused-ring (bicyclic) bond motifs is 1. The number of carbonyl (C=O) groups is 2. The first-order valence-corrected chi connectivity index (χ1v) is 7.46. The van der Waals surface area contributed by atoms with E-state index in [9.17, 15) is 14.4 Å². The van der Waals surface area contributed by atoms with E-state index in [1.807, 2.05) is 6.07 Å². The lowest BCUT2D eigenvalue weighted by atomic mass is 10.1. The second kappa shape index (κ2) is 6.54. The molecule has 6 heteroatoms. The van der Waals surface area contributed by atoms with E-state index in [0.29, 0.717) is 11.1 Å². The Kier molecular flexibility index (Phi) is 4.29. The number of esters is 1. The lowest BCUT2D eigenvalue weighted by Crippen LogP contribution is -2.27. The fourth-order valence-electron chi connectivity index (χ4n) is 2.54. The number of Topliss-reactive ketones (excluding diaryl/α,β-unsaturated/α-hetero) is 1. The summed E-state index contributed by atoms with van der Waals surface area (Å²) in [5.74, 6) is -0.910. The van der Waals surface area contributed by atoms with Gasteiger partial charge in [-0.05, 0) is 12.1 Å². The van der Waals surface area contributed by atoms with Crippen molar-refractivity contribution < 1.29 is 14.3 Å². The highest BCUT2D eigenvalue weighted by Gasteiger charge is 2.15. The van der Waals surface area contributed by atoms with Gasteiger partial charge in [-0.1, -0.05) is 42.5 Å². The predicted molar refractivity (Wildman–Crippen MR) is 88.9 cm³/mol. The number of benzene rings is 2. The molecule has 0 aliphatic heterocycles. The van der Waals surface area contributed by atoms with Gasteiger partial charge in [0.05, 0.1) is 11.0 Å². The minimum absolute atomic E-state index is 0.234. The first-order valence-electron chi connectivity index (χ1n) is 7.46. The van der Waals surface area contributed by atoms with Crippen molar-refractivity contribution in [3.63, 3.8) is 0 Å². The van der Waals surface area contributed by atoms with Gasteiger partial charge in [-0.2, -0.15) is 0 Å². The summed E-state index contributed by atoms with van der Waals surface area (Å²) in [6, 6.07) is 15.8. The summed E-state index contributed by atoms with van der Waals surface area (Å²) in [7, 11) is 1.64. The molecule has 0 N–H and O–H groups in total. The average Bonchev–Trinajstić information content (AvgIpc) is 2.86. The molecular formula is C18H16N2O4. The van der Waals surface area contributed by atoms with Gasteiger partial charge in [-0.25, -0.2) is 4.79 Å². The highest BCUT2D eigenvalue weighted by molar-refractivity contribution is 5.97. The molecule has 0 aliphatic rings. The molecule has 0 bridgehead atoms. The van der Waals surface area contributed by atoms with E-state index < -0.39 is 5.97 Å². The molecule has 0 unspecified atom stereocenters. The Morgan fingerprint density at radius 3 is 2.29 bits per heavy atom. The predicted octanol–water partition coefficient (Wildman–Crippen LogP) is 1.77. The van der Waals surface area contributed by atoms with Crippen LogP contribution in [0.4, 0.5) is 0 Å². The fraction of sp³-hybridized carbons (Fsp3) is 0.167. The van der Waals surface area contributed by atoms with Crippen LogP contribution in [-0.4, -0.2) is 27.5 Å². The van der Waals surface area contributed by atoms with E-state index >= 15 is 0 Å². The molecule has 0 amide bonds. The number of ketones is 1. The van der Waals surface area contributed by atoms with Crippen molar-refractivity contribution in [3.8, 4) is 0 Å². The summed E-state index contributed by atoms with van der Waals surface area (Å²) >= 11 is 0. The number of carbonyl (C=O) groups excluding carboxylic acids is 2. The Morgan fingerprint density at radius 1 is 0.958 bits per heavy atom. The third-order valence-electron chi connectivity index (χ3n) is 3.80. The van der Waals surface area contributed by atoms with Crippen molar-refractivity contribution in [3.05, 3.63) is 70.6 Å². The second-order valence-electron chi connectivity index (χ2n) is 5.37. The number of nitrogens with zero attached hydrogens (tertiary/aromatic N) is 2. The largest absolute Gasteiger partial charge is 0.456 e. The van der Waals surface area contributed by atoms with Crippen molar-refractivity contribution in [2.75, 3.05) is 6.61 Å². The number of para-hydroxylation sites is 2. The Balaban J connectivity index is 1.71. The van der Waals surface area contributed by atoms with Crippen molar-refractivity contribution in [2.24, 2.45) is 7.05 Å². The lowest BCUT2D eigenvalue weighted by molar-refractivity contribution is -0.143. The van der Waals surface area contributed by atoms with Crippen molar-refractivity contribution in [2.45, 2.75) is 6.54 Å². The first kappa shape index (κ1) is 15.7. The third kappa shape index (κ3) is 2.99. The van der Waals surface area contributed by atoms with Gasteiger partial charge in [0.1, 0.15) is 6.54 Å². The molecule has 3 rings (SSSR count). The Hall–Kier alpha value is -3.15. The summed E-state index contributed by atoms with van der Waals surface area (Å²) in [5, 5.41) is 0. The lowest BCUT2D eigenvalue weighted by Gasteiger charge is -2.05. The van der Waals surface area contributed by atoms with E-state index in [4.69, 9.17) is 4.74 Å². The molecule has 0 spiro atoms. The number of aromatic nitrogens is 2. The molecule has 122 valence electrons. The van der Waals surface area contributed by atoms with Crippen LogP contribution in [0.5, 0.6) is 0 Å². The average molecular weight is 324 g/mol. The van der Waals surface area contributed by atoms with Crippen LogP contribution in [0.2, 0.25) is 0 Å². The number of ether oxygens (including phenoxy) is 1. The fourth-order valence-corrected chi connectivity index (χ4v) is 2.54. The topological polar surface area (TPSA) is 70.3 Å². The standard InChI is InChI=1S/C18H16N2O4/c1-19-14-9-5-6-10-15(14)20(18(19)23)11-17(22)24-12-16(21)13-7-3-2-4-8-13/h2-10H,11-12H2,1H3. The monoisotopic (exact) mass is 324 g/mol. The molecule has 0 atom stereocenters. The zero-order valence-corrected chi connectivity index (χ0v) is 13.1. The quantitative estimate of drug-likeness (QED) is 0.530. The summed E-state index contributed by atoms with van der Waals surface area (Å²) < 4.78 is 7.83. The second-order valence-corrected chi connectivity index (χ2v) is 5.37. The summed E-state index contributed by atoms with van der Waals surface area (Å²) in [6.45, 7) is -0.579. The van der Waals surface area contributed by atoms with Gasteiger partial charge in [-0.15, -0.1) is 0 Å². The first-order chi connectivity index (χ1) is 11.6. The molecule has 0 aliphatic carbocycles. The number of aryl methyl sites for hydroxylation is 1. The SMILES string of the molecule is Cn1c(=O)n(CC(=O)OCC(=O)c2ccccc2)c2ccccc21. The molecule has 0 saturated carbocycles. The van der Waals surface area contributed by atoms with Crippen LogP contribution in [0, 0.1) is 0 Å². The number of imidazole rings is 1. The molecule has 1 heterocycles.